The van der Waals surface area contributed by atoms with Gasteiger partial charge in [0.15, 0.2) is 0 Å². The molecule has 1 aliphatic rings. The van der Waals surface area contributed by atoms with E-state index in [9.17, 15) is 4.79 Å². The first-order valence-corrected chi connectivity index (χ1v) is 10.9. The van der Waals surface area contributed by atoms with Crippen LogP contribution < -0.4 is 10.2 Å². The summed E-state index contributed by atoms with van der Waals surface area (Å²) in [5.41, 5.74) is 2.12. The van der Waals surface area contributed by atoms with Gasteiger partial charge in [0.1, 0.15) is 17.0 Å². The van der Waals surface area contributed by atoms with Crippen LogP contribution in [0.2, 0.25) is 0 Å². The molecule has 1 aromatic carbocycles. The van der Waals surface area contributed by atoms with Crippen molar-refractivity contribution in [3.05, 3.63) is 47.1 Å². The number of fused-ring (bicyclic) bond motifs is 1. The lowest BCUT2D eigenvalue weighted by Crippen LogP contribution is -2.41. The van der Waals surface area contributed by atoms with E-state index in [0.717, 1.165) is 53.9 Å². The van der Waals surface area contributed by atoms with Crippen LogP contribution in [-0.2, 0) is 17.6 Å². The zero-order valence-electron chi connectivity index (χ0n) is 16.4. The average molecular weight is 395 g/mol. The average Bonchev–Trinajstić information content (AvgIpc) is 3.17. The van der Waals surface area contributed by atoms with Gasteiger partial charge in [-0.1, -0.05) is 26.0 Å². The van der Waals surface area contributed by atoms with Crippen LogP contribution in [0, 0.1) is 5.92 Å². The molecule has 3 heterocycles. The molecule has 0 radical (unpaired) electrons. The number of rotatable bonds is 5. The number of hydrogen-bond donors (Lipinski definition) is 1. The van der Waals surface area contributed by atoms with Crippen molar-refractivity contribution in [2.24, 2.45) is 5.92 Å². The van der Waals surface area contributed by atoms with E-state index < -0.39 is 0 Å². The molecule has 28 heavy (non-hydrogen) atoms. The number of aromatic nitrogens is 2. The Bertz CT molecular complexity index is 984. The molecule has 6 heteroatoms. The van der Waals surface area contributed by atoms with Crippen LogP contribution in [0.1, 0.15) is 37.1 Å². The zero-order valence-corrected chi connectivity index (χ0v) is 17.3. The second-order valence-corrected chi connectivity index (χ2v) is 8.43. The van der Waals surface area contributed by atoms with Gasteiger partial charge in [-0.05, 0) is 49.4 Å². The fraction of sp³-hybridized carbons (Fsp3) is 0.409. The molecule has 0 saturated carbocycles. The number of nitrogens with zero attached hydrogens (tertiary/aromatic N) is 3. The van der Waals surface area contributed by atoms with E-state index >= 15 is 0 Å². The second kappa shape index (κ2) is 8.27. The molecule has 1 atom stereocenters. The van der Waals surface area contributed by atoms with Crippen LogP contribution in [0.15, 0.2) is 36.7 Å². The van der Waals surface area contributed by atoms with Gasteiger partial charge in [-0.3, -0.25) is 4.79 Å². The zero-order chi connectivity index (χ0) is 19.5. The SMILES string of the molecule is CCc1cccc(NC(=O)[C@H]2CCCN(c3ncnc4sc(CC)cc34)C2)c1. The molecule has 1 aliphatic heterocycles. The summed E-state index contributed by atoms with van der Waals surface area (Å²) in [7, 11) is 0. The summed E-state index contributed by atoms with van der Waals surface area (Å²) < 4.78 is 0. The third kappa shape index (κ3) is 3.87. The van der Waals surface area contributed by atoms with Gasteiger partial charge >= 0.3 is 0 Å². The van der Waals surface area contributed by atoms with E-state index in [4.69, 9.17) is 0 Å². The fourth-order valence-electron chi connectivity index (χ4n) is 3.82. The van der Waals surface area contributed by atoms with Gasteiger partial charge in [-0.2, -0.15) is 0 Å². The third-order valence-corrected chi connectivity index (χ3v) is 6.59. The minimum Gasteiger partial charge on any atom is -0.355 e. The number of anilines is 2. The van der Waals surface area contributed by atoms with E-state index in [1.54, 1.807) is 17.7 Å². The molecule has 1 fully saturated rings. The number of benzene rings is 1. The van der Waals surface area contributed by atoms with Gasteiger partial charge in [0.05, 0.1) is 11.3 Å². The van der Waals surface area contributed by atoms with Gasteiger partial charge in [-0.25, -0.2) is 9.97 Å². The van der Waals surface area contributed by atoms with Crippen molar-refractivity contribution >= 4 is 39.0 Å². The lowest BCUT2D eigenvalue weighted by molar-refractivity contribution is -0.120. The van der Waals surface area contributed by atoms with E-state index in [1.165, 1.54) is 10.4 Å². The number of hydrogen-bond acceptors (Lipinski definition) is 5. The van der Waals surface area contributed by atoms with Gasteiger partial charge in [-0.15, -0.1) is 11.3 Å². The Morgan fingerprint density at radius 1 is 1.25 bits per heavy atom. The highest BCUT2D eigenvalue weighted by molar-refractivity contribution is 7.18. The number of nitrogens with one attached hydrogen (secondary N) is 1. The van der Waals surface area contributed by atoms with Crippen LogP contribution in [0.5, 0.6) is 0 Å². The topological polar surface area (TPSA) is 58.1 Å². The van der Waals surface area contributed by atoms with Crippen LogP contribution in [-0.4, -0.2) is 29.0 Å². The van der Waals surface area contributed by atoms with E-state index in [-0.39, 0.29) is 11.8 Å². The summed E-state index contributed by atoms with van der Waals surface area (Å²) in [6.45, 7) is 5.91. The quantitative estimate of drug-likeness (QED) is 0.683. The number of carbonyl (C=O) groups excluding carboxylic acids is 1. The Morgan fingerprint density at radius 3 is 2.96 bits per heavy atom. The molecular weight excluding hydrogens is 368 g/mol. The second-order valence-electron chi connectivity index (χ2n) is 7.31. The van der Waals surface area contributed by atoms with Crippen molar-refractivity contribution in [3.8, 4) is 0 Å². The highest BCUT2D eigenvalue weighted by atomic mass is 32.1. The van der Waals surface area contributed by atoms with Crippen LogP contribution >= 0.6 is 11.3 Å². The number of carbonyl (C=O) groups is 1. The minimum atomic E-state index is -0.0340. The van der Waals surface area contributed by atoms with Crippen molar-refractivity contribution in [2.45, 2.75) is 39.5 Å². The number of aryl methyl sites for hydroxylation is 2. The van der Waals surface area contributed by atoms with Crippen LogP contribution in [0.4, 0.5) is 11.5 Å². The predicted octanol–water partition coefficient (Wildman–Crippen LogP) is 4.67. The first-order valence-electron chi connectivity index (χ1n) is 10.1. The Hall–Kier alpha value is -2.47. The predicted molar refractivity (Wildman–Crippen MR) is 116 cm³/mol. The summed E-state index contributed by atoms with van der Waals surface area (Å²) >= 11 is 1.73. The number of amides is 1. The number of thiophene rings is 1. The summed E-state index contributed by atoms with van der Waals surface area (Å²) in [6.07, 6.45) is 5.51. The maximum absolute atomic E-state index is 12.9. The molecule has 1 saturated heterocycles. The number of piperidine rings is 1. The molecule has 1 amide bonds. The van der Waals surface area contributed by atoms with E-state index in [2.05, 4.69) is 52.2 Å². The maximum atomic E-state index is 12.9. The molecule has 4 rings (SSSR count). The Labute approximate surface area is 169 Å². The lowest BCUT2D eigenvalue weighted by atomic mass is 9.96. The summed E-state index contributed by atoms with van der Waals surface area (Å²) in [6, 6.07) is 10.3. The van der Waals surface area contributed by atoms with Crippen molar-refractivity contribution < 1.29 is 4.79 Å². The first-order chi connectivity index (χ1) is 13.7. The largest absolute Gasteiger partial charge is 0.355 e. The molecule has 3 aromatic rings. The van der Waals surface area contributed by atoms with Gasteiger partial charge in [0, 0.05) is 23.7 Å². The molecule has 5 nitrogen and oxygen atoms in total. The Balaban J connectivity index is 1.51. The molecule has 0 unspecified atom stereocenters. The standard InChI is InChI=1S/C22H26N4OS/c1-3-15-7-5-9-17(11-15)25-21(27)16-8-6-10-26(13-16)20-19-12-18(4-2)28-22(19)24-14-23-20/h5,7,9,11-12,14,16H,3-4,6,8,10,13H2,1-2H3,(H,25,27)/t16-/m0/s1. The highest BCUT2D eigenvalue weighted by Gasteiger charge is 2.28. The molecular formula is C22H26N4OS. The lowest BCUT2D eigenvalue weighted by Gasteiger charge is -2.33. The molecule has 0 spiro atoms. The first kappa shape index (κ1) is 18.9. The fourth-order valence-corrected chi connectivity index (χ4v) is 4.75. The normalized spacial score (nSPS) is 17.1. The maximum Gasteiger partial charge on any atom is 0.229 e. The molecule has 1 N–H and O–H groups in total. The summed E-state index contributed by atoms with van der Waals surface area (Å²) in [5.74, 6) is 1.03. The van der Waals surface area contributed by atoms with E-state index in [0.29, 0.717) is 6.54 Å². The van der Waals surface area contributed by atoms with Crippen LogP contribution in [0.3, 0.4) is 0 Å². The van der Waals surface area contributed by atoms with Gasteiger partial charge in [0.25, 0.3) is 0 Å². The molecule has 0 bridgehead atoms. The highest BCUT2D eigenvalue weighted by Crippen LogP contribution is 2.32. The Kier molecular flexibility index (Phi) is 5.57. The van der Waals surface area contributed by atoms with Crippen LogP contribution in [0.25, 0.3) is 10.2 Å². The molecule has 146 valence electrons. The smallest absolute Gasteiger partial charge is 0.229 e. The third-order valence-electron chi connectivity index (χ3n) is 5.40. The van der Waals surface area contributed by atoms with Crippen molar-refractivity contribution in [3.63, 3.8) is 0 Å². The van der Waals surface area contributed by atoms with Gasteiger partial charge in [0.2, 0.25) is 5.91 Å². The Morgan fingerprint density at radius 2 is 2.14 bits per heavy atom. The molecule has 2 aromatic heterocycles. The summed E-state index contributed by atoms with van der Waals surface area (Å²) in [5, 5.41) is 4.22. The molecule has 0 aliphatic carbocycles. The van der Waals surface area contributed by atoms with Crippen molar-refractivity contribution in [1.29, 1.82) is 0 Å². The minimum absolute atomic E-state index is 0.0340. The summed E-state index contributed by atoms with van der Waals surface area (Å²) in [4.78, 5) is 26.5. The monoisotopic (exact) mass is 394 g/mol. The van der Waals surface area contributed by atoms with Gasteiger partial charge < -0.3 is 10.2 Å². The van der Waals surface area contributed by atoms with Crippen molar-refractivity contribution in [1.82, 2.24) is 9.97 Å². The van der Waals surface area contributed by atoms with Crippen molar-refractivity contribution in [2.75, 3.05) is 23.3 Å². The van der Waals surface area contributed by atoms with E-state index in [1.807, 2.05) is 12.1 Å².